The molecule has 10 heteroatoms. The molecule has 50 heavy (non-hydrogen) atoms. The van der Waals surface area contributed by atoms with Gasteiger partial charge >= 0.3 is 19.8 Å². The van der Waals surface area contributed by atoms with Crippen LogP contribution in [-0.2, 0) is 32.7 Å². The van der Waals surface area contributed by atoms with Crippen LogP contribution >= 0.6 is 7.82 Å². The molecule has 0 aromatic heterocycles. The minimum atomic E-state index is -4.38. The van der Waals surface area contributed by atoms with Crippen molar-refractivity contribution in [1.82, 2.24) is 0 Å². The highest BCUT2D eigenvalue weighted by molar-refractivity contribution is 7.47. The lowest BCUT2D eigenvalue weighted by atomic mass is 10.1. The number of allylic oxidation sites excluding steroid dienone is 10. The van der Waals surface area contributed by atoms with E-state index in [0.717, 1.165) is 70.6 Å². The molecule has 3 N–H and O–H groups in total. The lowest BCUT2D eigenvalue weighted by Gasteiger charge is -2.19. The van der Waals surface area contributed by atoms with Crippen LogP contribution in [0.25, 0.3) is 0 Å². The van der Waals surface area contributed by atoms with Crippen molar-refractivity contribution >= 4 is 19.8 Å². The van der Waals surface area contributed by atoms with Gasteiger partial charge in [0.05, 0.1) is 13.2 Å². The number of carbonyl (C=O) groups excluding carboxylic acids is 2. The number of phosphoric ester groups is 1. The molecule has 0 rings (SSSR count). The van der Waals surface area contributed by atoms with Gasteiger partial charge in [-0.15, -0.1) is 0 Å². The molecule has 0 aromatic rings. The Bertz CT molecular complexity index is 1010. The van der Waals surface area contributed by atoms with E-state index in [9.17, 15) is 19.0 Å². The van der Waals surface area contributed by atoms with E-state index in [1.54, 1.807) is 0 Å². The second-order valence-corrected chi connectivity index (χ2v) is 13.9. The van der Waals surface area contributed by atoms with E-state index in [1.807, 2.05) is 0 Å². The van der Waals surface area contributed by atoms with Crippen molar-refractivity contribution < 1.29 is 37.6 Å². The Morgan fingerprint density at radius 1 is 0.620 bits per heavy atom. The van der Waals surface area contributed by atoms with Gasteiger partial charge in [0.25, 0.3) is 0 Å². The summed E-state index contributed by atoms with van der Waals surface area (Å²) in [6.45, 7) is 3.54. The Labute approximate surface area is 304 Å². The molecule has 0 fully saturated rings. The van der Waals surface area contributed by atoms with Gasteiger partial charge in [0.15, 0.2) is 6.10 Å². The Kier molecular flexibility index (Phi) is 34.8. The van der Waals surface area contributed by atoms with Gasteiger partial charge in [-0.05, 0) is 57.8 Å². The Balaban J connectivity index is 4.25. The van der Waals surface area contributed by atoms with Crippen molar-refractivity contribution in [2.24, 2.45) is 5.73 Å². The molecule has 288 valence electrons. The molecule has 0 saturated heterocycles. The van der Waals surface area contributed by atoms with Crippen molar-refractivity contribution in [2.75, 3.05) is 26.4 Å². The molecule has 0 aliphatic carbocycles. The highest BCUT2D eigenvalue weighted by atomic mass is 31.2. The van der Waals surface area contributed by atoms with Gasteiger partial charge in [-0.25, -0.2) is 4.57 Å². The van der Waals surface area contributed by atoms with Crippen LogP contribution in [0.3, 0.4) is 0 Å². The smallest absolute Gasteiger partial charge is 0.462 e. The molecule has 0 aliphatic heterocycles. The van der Waals surface area contributed by atoms with Crippen LogP contribution in [0.4, 0.5) is 0 Å². The van der Waals surface area contributed by atoms with Crippen LogP contribution in [0, 0.1) is 0 Å². The maximum Gasteiger partial charge on any atom is 0.472 e. The topological polar surface area (TPSA) is 134 Å². The Hall–Kier alpha value is -2.29. The number of nitrogens with two attached hydrogens (primary N) is 1. The SMILES string of the molecule is CC/C=C/C/C=C/C/C=C/C/C=C/C/C=C/CCCCCC(=O)OC[C@@H](COP(=O)(O)OCCN)OC(=O)CCCCCCCCCCCC. The summed E-state index contributed by atoms with van der Waals surface area (Å²) in [4.78, 5) is 34.7. The fourth-order valence-corrected chi connectivity index (χ4v) is 5.60. The molecule has 0 amide bonds. The second-order valence-electron chi connectivity index (χ2n) is 12.4. The van der Waals surface area contributed by atoms with Crippen LogP contribution in [0.5, 0.6) is 0 Å². The first-order valence-electron chi connectivity index (χ1n) is 19.3. The predicted molar refractivity (Wildman–Crippen MR) is 206 cm³/mol. The third-order valence-corrected chi connectivity index (χ3v) is 8.65. The molecule has 0 bridgehead atoms. The molecule has 0 spiro atoms. The third kappa shape index (κ3) is 35.5. The van der Waals surface area contributed by atoms with Crippen LogP contribution in [0.15, 0.2) is 60.8 Å². The largest absolute Gasteiger partial charge is 0.472 e. The molecular weight excluding hydrogens is 653 g/mol. The van der Waals surface area contributed by atoms with E-state index >= 15 is 0 Å². The van der Waals surface area contributed by atoms with E-state index in [0.29, 0.717) is 12.8 Å². The lowest BCUT2D eigenvalue weighted by molar-refractivity contribution is -0.161. The van der Waals surface area contributed by atoms with Gasteiger partial charge in [0, 0.05) is 19.4 Å². The van der Waals surface area contributed by atoms with E-state index in [2.05, 4.69) is 74.6 Å². The van der Waals surface area contributed by atoms with Gasteiger partial charge in [0.1, 0.15) is 6.61 Å². The highest BCUT2D eigenvalue weighted by Gasteiger charge is 2.25. The zero-order valence-electron chi connectivity index (χ0n) is 31.4. The fraction of sp³-hybridized carbons (Fsp3) is 0.700. The number of esters is 2. The maximum absolute atomic E-state index is 12.5. The molecular formula is C40H70NO8P. The second kappa shape index (κ2) is 36.5. The zero-order valence-corrected chi connectivity index (χ0v) is 32.3. The molecule has 1 unspecified atom stereocenters. The fourth-order valence-electron chi connectivity index (χ4n) is 4.84. The lowest BCUT2D eigenvalue weighted by Crippen LogP contribution is -2.29. The summed E-state index contributed by atoms with van der Waals surface area (Å²) >= 11 is 0. The molecule has 2 atom stereocenters. The van der Waals surface area contributed by atoms with E-state index < -0.39 is 32.5 Å². The number of unbranched alkanes of at least 4 members (excludes halogenated alkanes) is 12. The normalized spacial score (nSPS) is 14.1. The maximum atomic E-state index is 12.5. The van der Waals surface area contributed by atoms with Gasteiger partial charge in [-0.3, -0.25) is 18.6 Å². The van der Waals surface area contributed by atoms with Crippen LogP contribution in [0.2, 0.25) is 0 Å². The molecule has 0 radical (unpaired) electrons. The highest BCUT2D eigenvalue weighted by Crippen LogP contribution is 2.43. The predicted octanol–water partition coefficient (Wildman–Crippen LogP) is 10.5. The molecule has 0 saturated carbocycles. The molecule has 0 aliphatic rings. The number of carbonyl (C=O) groups is 2. The van der Waals surface area contributed by atoms with Crippen molar-refractivity contribution in [3.8, 4) is 0 Å². The van der Waals surface area contributed by atoms with Gasteiger partial charge < -0.3 is 20.1 Å². The van der Waals surface area contributed by atoms with Crippen molar-refractivity contribution in [3.05, 3.63) is 60.8 Å². The number of phosphoric acid groups is 1. The van der Waals surface area contributed by atoms with Crippen LogP contribution in [-0.4, -0.2) is 49.3 Å². The minimum Gasteiger partial charge on any atom is -0.462 e. The Morgan fingerprint density at radius 2 is 1.10 bits per heavy atom. The average molecular weight is 724 g/mol. The molecule has 0 aromatic carbocycles. The standard InChI is InChI=1S/C40H70NO8P/c1-3-5-7-9-11-13-15-16-17-18-19-20-21-22-23-25-26-28-30-32-39(42)46-36-38(37-48-50(44,45)47-35-34-41)49-40(43)33-31-29-27-24-14-12-10-8-6-4-2/h5,7,11,13,16-17,19-20,22-23,38H,3-4,6,8-10,12,14-15,18,21,24-37,41H2,1-2H3,(H,44,45)/b7-5+,13-11+,17-16+,20-19+,23-22+/t38-/m0/s1. The first-order chi connectivity index (χ1) is 24.3. The quantitative estimate of drug-likeness (QED) is 0.0283. The van der Waals surface area contributed by atoms with Crippen LogP contribution < -0.4 is 5.73 Å². The number of ether oxygens (including phenoxy) is 2. The van der Waals surface area contributed by atoms with E-state index in [4.69, 9.17) is 24.3 Å². The average Bonchev–Trinajstić information content (AvgIpc) is 3.10. The molecule has 9 nitrogen and oxygen atoms in total. The first-order valence-corrected chi connectivity index (χ1v) is 20.8. The Morgan fingerprint density at radius 3 is 1.64 bits per heavy atom. The summed E-state index contributed by atoms with van der Waals surface area (Å²) in [5.74, 6) is -0.873. The zero-order chi connectivity index (χ0) is 36.8. The van der Waals surface area contributed by atoms with Gasteiger partial charge in [-0.1, -0.05) is 139 Å². The summed E-state index contributed by atoms with van der Waals surface area (Å²) in [7, 11) is -4.38. The van der Waals surface area contributed by atoms with Crippen LogP contribution in [0.1, 0.15) is 149 Å². The van der Waals surface area contributed by atoms with E-state index in [1.165, 1.54) is 38.5 Å². The van der Waals surface area contributed by atoms with Crippen molar-refractivity contribution in [1.29, 1.82) is 0 Å². The molecule has 0 heterocycles. The third-order valence-electron chi connectivity index (χ3n) is 7.67. The first kappa shape index (κ1) is 47.7. The number of hydrogen-bond donors (Lipinski definition) is 2. The minimum absolute atomic E-state index is 0.0467. The summed E-state index contributed by atoms with van der Waals surface area (Å²) < 4.78 is 32.6. The summed E-state index contributed by atoms with van der Waals surface area (Å²) in [5.41, 5.74) is 5.32. The monoisotopic (exact) mass is 723 g/mol. The van der Waals surface area contributed by atoms with E-state index in [-0.39, 0.29) is 32.6 Å². The van der Waals surface area contributed by atoms with Crippen molar-refractivity contribution in [2.45, 2.75) is 155 Å². The summed E-state index contributed by atoms with van der Waals surface area (Å²) in [6.07, 6.45) is 41.1. The van der Waals surface area contributed by atoms with Crippen molar-refractivity contribution in [3.63, 3.8) is 0 Å². The van der Waals surface area contributed by atoms with Gasteiger partial charge in [0.2, 0.25) is 0 Å². The van der Waals surface area contributed by atoms with Gasteiger partial charge in [-0.2, -0.15) is 0 Å². The summed E-state index contributed by atoms with van der Waals surface area (Å²) in [5, 5.41) is 0. The number of hydrogen-bond acceptors (Lipinski definition) is 8. The summed E-state index contributed by atoms with van der Waals surface area (Å²) in [6, 6.07) is 0. The number of rotatable bonds is 35.